The maximum atomic E-state index is 11.7. The molecular weight excluding hydrogens is 294 g/mol. The van der Waals surface area contributed by atoms with Crippen molar-refractivity contribution >= 4 is 11.6 Å². The third kappa shape index (κ3) is 5.60. The summed E-state index contributed by atoms with van der Waals surface area (Å²) in [5.74, 6) is 1.87. The lowest BCUT2D eigenvalue weighted by molar-refractivity contribution is -0.116. The molecule has 2 N–H and O–H groups in total. The number of aromatic nitrogens is 1. The van der Waals surface area contributed by atoms with Gasteiger partial charge in [-0.3, -0.25) is 4.79 Å². The summed E-state index contributed by atoms with van der Waals surface area (Å²) in [5.41, 5.74) is 0.654. The highest BCUT2D eigenvalue weighted by atomic mass is 16.5. The number of ether oxygens (including phenoxy) is 2. The number of carbonyl (C=O) groups excluding carboxylic acids is 1. The fraction of sp³-hybridized carbons (Fsp3) is 0.294. The van der Waals surface area contributed by atoms with E-state index in [0.717, 1.165) is 18.7 Å². The number of anilines is 1. The number of nitrogens with zero attached hydrogens (tertiary/aromatic N) is 1. The SMILES string of the molecule is CNCCCC(=O)Nc1ccc(Oc2ccc(OC)cc2)nc1. The molecule has 0 saturated heterocycles. The van der Waals surface area contributed by atoms with Crippen LogP contribution in [-0.2, 0) is 4.79 Å². The first-order valence-corrected chi connectivity index (χ1v) is 7.43. The number of pyridine rings is 1. The standard InChI is InChI=1S/C17H21N3O3/c1-18-11-3-4-16(21)20-13-5-10-17(19-12-13)23-15-8-6-14(22-2)7-9-15/h5-10,12,18H,3-4,11H2,1-2H3,(H,20,21). The van der Waals surface area contributed by atoms with Crippen LogP contribution in [0.5, 0.6) is 17.4 Å². The molecule has 0 atom stereocenters. The summed E-state index contributed by atoms with van der Waals surface area (Å²) in [6.07, 6.45) is 2.86. The molecule has 0 radical (unpaired) electrons. The number of hydrogen-bond acceptors (Lipinski definition) is 5. The van der Waals surface area contributed by atoms with Crippen molar-refractivity contribution in [3.05, 3.63) is 42.6 Å². The molecule has 122 valence electrons. The van der Waals surface area contributed by atoms with Crippen LogP contribution in [0, 0.1) is 0 Å². The zero-order valence-electron chi connectivity index (χ0n) is 13.3. The normalized spacial score (nSPS) is 10.2. The van der Waals surface area contributed by atoms with Gasteiger partial charge in [0.1, 0.15) is 11.5 Å². The molecule has 0 aliphatic heterocycles. The van der Waals surface area contributed by atoms with Crippen LogP contribution >= 0.6 is 0 Å². The Bertz CT molecular complexity index is 612. The summed E-state index contributed by atoms with van der Waals surface area (Å²) < 4.78 is 10.7. The highest BCUT2D eigenvalue weighted by Gasteiger charge is 2.04. The van der Waals surface area contributed by atoms with Gasteiger partial charge in [0.2, 0.25) is 11.8 Å². The molecule has 2 aromatic rings. The quantitative estimate of drug-likeness (QED) is 0.733. The van der Waals surface area contributed by atoms with Crippen molar-refractivity contribution in [1.82, 2.24) is 10.3 Å². The predicted molar refractivity (Wildman–Crippen MR) is 89.1 cm³/mol. The van der Waals surface area contributed by atoms with E-state index < -0.39 is 0 Å². The van der Waals surface area contributed by atoms with E-state index in [4.69, 9.17) is 9.47 Å². The van der Waals surface area contributed by atoms with E-state index in [1.807, 2.05) is 19.2 Å². The van der Waals surface area contributed by atoms with Gasteiger partial charge in [-0.15, -0.1) is 0 Å². The Kier molecular flexibility index (Phi) is 6.38. The van der Waals surface area contributed by atoms with Crippen molar-refractivity contribution in [3.63, 3.8) is 0 Å². The zero-order chi connectivity index (χ0) is 16.5. The molecule has 0 aliphatic carbocycles. The number of amides is 1. The van der Waals surface area contributed by atoms with Gasteiger partial charge in [0.15, 0.2) is 0 Å². The smallest absolute Gasteiger partial charge is 0.224 e. The lowest BCUT2D eigenvalue weighted by atomic mass is 10.3. The van der Waals surface area contributed by atoms with Crippen molar-refractivity contribution in [2.24, 2.45) is 0 Å². The summed E-state index contributed by atoms with van der Waals surface area (Å²) in [6, 6.07) is 10.7. The molecule has 0 bridgehead atoms. The van der Waals surface area contributed by atoms with Crippen molar-refractivity contribution in [2.75, 3.05) is 26.0 Å². The summed E-state index contributed by atoms with van der Waals surface area (Å²) in [5, 5.41) is 5.81. The van der Waals surface area contributed by atoms with Crippen LogP contribution in [0.4, 0.5) is 5.69 Å². The molecule has 0 spiro atoms. The molecule has 1 amide bonds. The van der Waals surface area contributed by atoms with E-state index in [-0.39, 0.29) is 5.91 Å². The monoisotopic (exact) mass is 315 g/mol. The minimum absolute atomic E-state index is 0.0223. The molecular formula is C17H21N3O3. The third-order valence-electron chi connectivity index (χ3n) is 3.13. The van der Waals surface area contributed by atoms with Crippen LogP contribution in [0.25, 0.3) is 0 Å². The largest absolute Gasteiger partial charge is 0.497 e. The van der Waals surface area contributed by atoms with Crippen molar-refractivity contribution < 1.29 is 14.3 Å². The van der Waals surface area contributed by atoms with Crippen molar-refractivity contribution in [2.45, 2.75) is 12.8 Å². The van der Waals surface area contributed by atoms with Crippen molar-refractivity contribution in [3.8, 4) is 17.4 Å². The number of rotatable bonds is 8. The Labute approximate surface area is 135 Å². The van der Waals surface area contributed by atoms with Gasteiger partial charge in [0.05, 0.1) is 19.0 Å². The Hall–Kier alpha value is -2.60. The Morgan fingerprint density at radius 2 is 1.87 bits per heavy atom. The van der Waals surface area contributed by atoms with Gasteiger partial charge >= 0.3 is 0 Å². The number of benzene rings is 1. The van der Waals surface area contributed by atoms with Gasteiger partial charge in [-0.2, -0.15) is 0 Å². The molecule has 1 heterocycles. The second kappa shape index (κ2) is 8.75. The molecule has 0 unspecified atom stereocenters. The Balaban J connectivity index is 1.87. The lowest BCUT2D eigenvalue weighted by Gasteiger charge is -2.08. The van der Waals surface area contributed by atoms with Crippen molar-refractivity contribution in [1.29, 1.82) is 0 Å². The van der Waals surface area contributed by atoms with Crippen LogP contribution in [-0.4, -0.2) is 31.6 Å². The maximum Gasteiger partial charge on any atom is 0.224 e. The summed E-state index contributed by atoms with van der Waals surface area (Å²) in [4.78, 5) is 15.9. The van der Waals surface area contributed by atoms with Gasteiger partial charge in [-0.1, -0.05) is 0 Å². The first kappa shape index (κ1) is 16.8. The van der Waals surface area contributed by atoms with Gasteiger partial charge in [0.25, 0.3) is 0 Å². The van der Waals surface area contributed by atoms with Gasteiger partial charge in [0, 0.05) is 12.5 Å². The van der Waals surface area contributed by atoms with E-state index in [1.54, 1.807) is 37.6 Å². The molecule has 6 heteroatoms. The van der Waals surface area contributed by atoms with Gasteiger partial charge < -0.3 is 20.1 Å². The minimum atomic E-state index is -0.0223. The third-order valence-corrected chi connectivity index (χ3v) is 3.13. The zero-order valence-corrected chi connectivity index (χ0v) is 13.3. The fourth-order valence-corrected chi connectivity index (χ4v) is 1.93. The molecule has 1 aromatic heterocycles. The molecule has 0 fully saturated rings. The lowest BCUT2D eigenvalue weighted by Crippen LogP contribution is -2.15. The first-order valence-electron chi connectivity index (χ1n) is 7.43. The topological polar surface area (TPSA) is 72.5 Å². The van der Waals surface area contributed by atoms with E-state index in [9.17, 15) is 4.79 Å². The maximum absolute atomic E-state index is 11.7. The van der Waals surface area contributed by atoms with Crippen LogP contribution in [0.3, 0.4) is 0 Å². The summed E-state index contributed by atoms with van der Waals surface area (Å²) >= 11 is 0. The number of carbonyl (C=O) groups is 1. The highest BCUT2D eigenvalue weighted by molar-refractivity contribution is 5.90. The highest BCUT2D eigenvalue weighted by Crippen LogP contribution is 2.23. The van der Waals surface area contributed by atoms with Crippen LogP contribution in [0.1, 0.15) is 12.8 Å². The molecule has 0 saturated carbocycles. The average Bonchev–Trinajstić information content (AvgIpc) is 2.57. The van der Waals surface area contributed by atoms with E-state index in [1.165, 1.54) is 0 Å². The fourth-order valence-electron chi connectivity index (χ4n) is 1.93. The number of nitrogens with one attached hydrogen (secondary N) is 2. The second-order valence-electron chi connectivity index (χ2n) is 4.92. The molecule has 6 nitrogen and oxygen atoms in total. The molecule has 23 heavy (non-hydrogen) atoms. The summed E-state index contributed by atoms with van der Waals surface area (Å²) in [6.45, 7) is 0.820. The Morgan fingerprint density at radius 3 is 2.48 bits per heavy atom. The predicted octanol–water partition coefficient (Wildman–Crippen LogP) is 2.82. The van der Waals surface area contributed by atoms with Crippen LogP contribution in [0.2, 0.25) is 0 Å². The minimum Gasteiger partial charge on any atom is -0.497 e. The first-order chi connectivity index (χ1) is 11.2. The summed E-state index contributed by atoms with van der Waals surface area (Å²) in [7, 11) is 3.48. The number of methoxy groups -OCH3 is 1. The average molecular weight is 315 g/mol. The van der Waals surface area contributed by atoms with Gasteiger partial charge in [-0.05, 0) is 50.3 Å². The molecule has 0 aliphatic rings. The molecule has 2 rings (SSSR count). The Morgan fingerprint density at radius 1 is 1.13 bits per heavy atom. The molecule has 1 aromatic carbocycles. The van der Waals surface area contributed by atoms with E-state index >= 15 is 0 Å². The van der Waals surface area contributed by atoms with E-state index in [2.05, 4.69) is 15.6 Å². The van der Waals surface area contributed by atoms with Gasteiger partial charge in [-0.25, -0.2) is 4.98 Å². The van der Waals surface area contributed by atoms with Crippen LogP contribution in [0.15, 0.2) is 42.6 Å². The van der Waals surface area contributed by atoms with E-state index in [0.29, 0.717) is 23.7 Å². The second-order valence-corrected chi connectivity index (χ2v) is 4.92. The number of hydrogen-bond donors (Lipinski definition) is 2. The van der Waals surface area contributed by atoms with Crippen LogP contribution < -0.4 is 20.1 Å².